The molecule has 0 atom stereocenters. The number of hydrogen-bond acceptors (Lipinski definition) is 5. The molecule has 6 heteroatoms. The monoisotopic (exact) mass is 293 g/mol. The summed E-state index contributed by atoms with van der Waals surface area (Å²) in [6, 6.07) is 5.56. The third kappa shape index (κ3) is 3.46. The van der Waals surface area contributed by atoms with Crippen molar-refractivity contribution in [3.05, 3.63) is 29.3 Å². The molecule has 5 N–H and O–H groups in total. The van der Waals surface area contributed by atoms with Crippen LogP contribution in [0.5, 0.6) is 5.75 Å². The number of oxime groups is 1. The highest BCUT2D eigenvalue weighted by molar-refractivity contribution is 5.99. The Bertz CT molecular complexity index is 511. The van der Waals surface area contributed by atoms with E-state index in [0.717, 1.165) is 31.2 Å². The summed E-state index contributed by atoms with van der Waals surface area (Å²) in [5.41, 5.74) is 7.06. The zero-order valence-electron chi connectivity index (χ0n) is 12.3. The zero-order valence-corrected chi connectivity index (χ0v) is 12.3. The van der Waals surface area contributed by atoms with Crippen LogP contribution in [0, 0.1) is 0 Å². The Balaban J connectivity index is 2.13. The van der Waals surface area contributed by atoms with Crippen molar-refractivity contribution in [2.24, 2.45) is 10.9 Å². The number of benzene rings is 1. The lowest BCUT2D eigenvalue weighted by atomic mass is 9.98. The molecule has 1 aromatic carbocycles. The molecule has 1 aliphatic rings. The Morgan fingerprint density at radius 1 is 1.43 bits per heavy atom. The van der Waals surface area contributed by atoms with Gasteiger partial charge < -0.3 is 26.1 Å². The van der Waals surface area contributed by atoms with Crippen LogP contribution in [0.3, 0.4) is 0 Å². The third-order valence-corrected chi connectivity index (χ3v) is 4.18. The van der Waals surface area contributed by atoms with Gasteiger partial charge in [-0.2, -0.15) is 0 Å². The van der Waals surface area contributed by atoms with Crippen molar-refractivity contribution >= 4 is 5.84 Å². The van der Waals surface area contributed by atoms with E-state index in [9.17, 15) is 5.11 Å². The molecule has 6 nitrogen and oxygen atoms in total. The zero-order chi connectivity index (χ0) is 15.3. The van der Waals surface area contributed by atoms with E-state index in [1.807, 2.05) is 12.1 Å². The van der Waals surface area contributed by atoms with Crippen LogP contribution in [0.25, 0.3) is 0 Å². The number of methoxy groups -OCH3 is 1. The van der Waals surface area contributed by atoms with Crippen molar-refractivity contribution in [1.29, 1.82) is 0 Å². The molecule has 1 aliphatic carbocycles. The molecule has 2 rings (SSSR count). The fraction of sp³-hybridized carbons (Fsp3) is 0.533. The molecule has 0 saturated heterocycles. The Morgan fingerprint density at radius 3 is 2.71 bits per heavy atom. The van der Waals surface area contributed by atoms with Crippen LogP contribution in [-0.4, -0.2) is 35.4 Å². The van der Waals surface area contributed by atoms with Crippen LogP contribution in [0.4, 0.5) is 0 Å². The van der Waals surface area contributed by atoms with E-state index in [4.69, 9.17) is 15.7 Å². The number of aliphatic hydroxyl groups is 1. The number of rotatable bonds is 6. The highest BCUT2D eigenvalue weighted by atomic mass is 16.5. The molecule has 1 saturated carbocycles. The SMILES string of the molecule is COc1ccc(CNC2(CO)CCCC2)cc1C(N)=NO. The van der Waals surface area contributed by atoms with Crippen molar-refractivity contribution in [1.82, 2.24) is 5.32 Å². The summed E-state index contributed by atoms with van der Waals surface area (Å²) in [7, 11) is 1.54. The maximum absolute atomic E-state index is 9.60. The van der Waals surface area contributed by atoms with Crippen LogP contribution >= 0.6 is 0 Å². The Kier molecular flexibility index (Phi) is 5.03. The average molecular weight is 293 g/mol. The van der Waals surface area contributed by atoms with Gasteiger partial charge in [-0.15, -0.1) is 0 Å². The summed E-state index contributed by atoms with van der Waals surface area (Å²) in [5.74, 6) is 0.582. The van der Waals surface area contributed by atoms with E-state index in [0.29, 0.717) is 17.9 Å². The number of nitrogens with two attached hydrogens (primary N) is 1. The lowest BCUT2D eigenvalue weighted by Crippen LogP contribution is -2.45. The lowest BCUT2D eigenvalue weighted by Gasteiger charge is -2.28. The second-order valence-electron chi connectivity index (χ2n) is 5.52. The fourth-order valence-electron chi connectivity index (χ4n) is 2.85. The van der Waals surface area contributed by atoms with Gasteiger partial charge in [-0.1, -0.05) is 24.1 Å². The van der Waals surface area contributed by atoms with Crippen molar-refractivity contribution in [2.45, 2.75) is 37.8 Å². The summed E-state index contributed by atoms with van der Waals surface area (Å²) in [6.07, 6.45) is 4.27. The Labute approximate surface area is 124 Å². The Hall–Kier alpha value is -1.79. The number of nitrogens with zero attached hydrogens (tertiary/aromatic N) is 1. The van der Waals surface area contributed by atoms with Crippen LogP contribution in [0.1, 0.15) is 36.8 Å². The van der Waals surface area contributed by atoms with Gasteiger partial charge in [0.1, 0.15) is 5.75 Å². The molecule has 0 bridgehead atoms. The first-order chi connectivity index (χ1) is 10.1. The maximum atomic E-state index is 9.60. The molecule has 1 fully saturated rings. The first-order valence-corrected chi connectivity index (χ1v) is 7.15. The van der Waals surface area contributed by atoms with Crippen LogP contribution in [0.2, 0.25) is 0 Å². The smallest absolute Gasteiger partial charge is 0.173 e. The molecule has 0 aromatic heterocycles. The quantitative estimate of drug-likeness (QED) is 0.273. The van der Waals surface area contributed by atoms with E-state index >= 15 is 0 Å². The van der Waals surface area contributed by atoms with Gasteiger partial charge in [0.2, 0.25) is 0 Å². The molecule has 0 unspecified atom stereocenters. The number of aliphatic hydroxyl groups excluding tert-OH is 1. The molecular weight excluding hydrogens is 270 g/mol. The summed E-state index contributed by atoms with van der Waals surface area (Å²) in [5, 5.41) is 24.9. The van der Waals surface area contributed by atoms with Gasteiger partial charge in [0.15, 0.2) is 5.84 Å². The van der Waals surface area contributed by atoms with E-state index < -0.39 is 0 Å². The first-order valence-electron chi connectivity index (χ1n) is 7.15. The number of ether oxygens (including phenoxy) is 1. The predicted octanol–water partition coefficient (Wildman–Crippen LogP) is 1.18. The third-order valence-electron chi connectivity index (χ3n) is 4.18. The lowest BCUT2D eigenvalue weighted by molar-refractivity contribution is 0.163. The summed E-state index contributed by atoms with van der Waals surface area (Å²) >= 11 is 0. The molecule has 0 amide bonds. The highest BCUT2D eigenvalue weighted by Gasteiger charge is 2.32. The molecule has 0 heterocycles. The summed E-state index contributed by atoms with van der Waals surface area (Å²) in [4.78, 5) is 0. The van der Waals surface area contributed by atoms with Gasteiger partial charge in [0.05, 0.1) is 19.3 Å². The molecule has 116 valence electrons. The van der Waals surface area contributed by atoms with E-state index in [-0.39, 0.29) is 18.0 Å². The topological polar surface area (TPSA) is 100 Å². The molecule has 1 aromatic rings. The van der Waals surface area contributed by atoms with Gasteiger partial charge in [-0.3, -0.25) is 0 Å². The summed E-state index contributed by atoms with van der Waals surface area (Å²) in [6.45, 7) is 0.770. The van der Waals surface area contributed by atoms with Crippen molar-refractivity contribution < 1.29 is 15.1 Å². The number of amidine groups is 1. The molecule has 0 radical (unpaired) electrons. The standard InChI is InChI=1S/C15H23N3O3/c1-21-13-5-4-11(8-12(13)14(16)18-20)9-17-15(10-19)6-2-3-7-15/h4-5,8,17,19-20H,2-3,6-7,9-10H2,1H3,(H2,16,18). The van der Waals surface area contributed by atoms with Gasteiger partial charge in [0.25, 0.3) is 0 Å². The summed E-state index contributed by atoms with van der Waals surface area (Å²) < 4.78 is 5.21. The van der Waals surface area contributed by atoms with E-state index in [1.54, 1.807) is 13.2 Å². The largest absolute Gasteiger partial charge is 0.496 e. The minimum Gasteiger partial charge on any atom is -0.496 e. The predicted molar refractivity (Wildman–Crippen MR) is 80.6 cm³/mol. The maximum Gasteiger partial charge on any atom is 0.173 e. The minimum absolute atomic E-state index is 0.0198. The van der Waals surface area contributed by atoms with Gasteiger partial charge >= 0.3 is 0 Å². The van der Waals surface area contributed by atoms with Crippen molar-refractivity contribution in [3.8, 4) is 5.75 Å². The van der Waals surface area contributed by atoms with Crippen LogP contribution in [0.15, 0.2) is 23.4 Å². The number of hydrogen-bond donors (Lipinski definition) is 4. The minimum atomic E-state index is -0.170. The molecule has 21 heavy (non-hydrogen) atoms. The van der Waals surface area contributed by atoms with Gasteiger partial charge in [-0.05, 0) is 30.5 Å². The van der Waals surface area contributed by atoms with Gasteiger partial charge in [-0.25, -0.2) is 0 Å². The molecule has 0 spiro atoms. The van der Waals surface area contributed by atoms with Crippen LogP contribution in [-0.2, 0) is 6.54 Å². The van der Waals surface area contributed by atoms with Crippen molar-refractivity contribution in [3.63, 3.8) is 0 Å². The highest BCUT2D eigenvalue weighted by Crippen LogP contribution is 2.29. The molecular formula is C15H23N3O3. The Morgan fingerprint density at radius 2 is 2.14 bits per heavy atom. The second-order valence-corrected chi connectivity index (χ2v) is 5.52. The first kappa shape index (κ1) is 15.6. The average Bonchev–Trinajstić information content (AvgIpc) is 3.01. The number of nitrogens with one attached hydrogen (secondary N) is 1. The van der Waals surface area contributed by atoms with E-state index in [1.165, 1.54) is 0 Å². The van der Waals surface area contributed by atoms with Gasteiger partial charge in [0, 0.05) is 12.1 Å². The van der Waals surface area contributed by atoms with Crippen molar-refractivity contribution in [2.75, 3.05) is 13.7 Å². The van der Waals surface area contributed by atoms with Crippen LogP contribution < -0.4 is 15.8 Å². The normalized spacial score (nSPS) is 17.9. The molecule has 0 aliphatic heterocycles. The fourth-order valence-corrected chi connectivity index (χ4v) is 2.85. The second kappa shape index (κ2) is 6.78. The van der Waals surface area contributed by atoms with E-state index in [2.05, 4.69) is 10.5 Å².